The molecule has 2 atom stereocenters. The molecule has 1 N–H and O–H groups in total. The van der Waals surface area contributed by atoms with E-state index in [1.54, 1.807) is 0 Å². The minimum absolute atomic E-state index is 0.0734. The predicted molar refractivity (Wildman–Crippen MR) is 129 cm³/mol. The Morgan fingerprint density at radius 2 is 1.33 bits per heavy atom. The van der Waals surface area contributed by atoms with Gasteiger partial charge in [0.2, 0.25) is 0 Å². The third-order valence-electron chi connectivity index (χ3n) is 6.55. The number of β-amino-alcohol motifs (C(OH)–C–C–N with tert-alkyl or cyclic N) is 1. The molecule has 43 heavy (non-hydrogen) atoms. The molecular formula is C27H20F12N2O2. The number of alkyl halides is 12. The Kier molecular flexibility index (Phi) is 8.48. The zero-order chi connectivity index (χ0) is 32.0. The number of fused-ring (bicyclic) bond motifs is 1. The number of halogens is 12. The van der Waals surface area contributed by atoms with Crippen LogP contribution in [0.3, 0.4) is 0 Å². The molecular weight excluding hydrogens is 612 g/mol. The van der Waals surface area contributed by atoms with Crippen LogP contribution in [0, 0.1) is 0 Å². The molecule has 1 aliphatic rings. The van der Waals surface area contributed by atoms with Crippen molar-refractivity contribution >= 4 is 11.4 Å². The minimum Gasteiger partial charge on any atom is -0.406 e. The highest BCUT2D eigenvalue weighted by Crippen LogP contribution is 2.45. The third-order valence-corrected chi connectivity index (χ3v) is 6.55. The van der Waals surface area contributed by atoms with E-state index in [0.717, 1.165) is 17.0 Å². The fraction of sp³-hybridized carbons (Fsp3) is 0.333. The summed E-state index contributed by atoms with van der Waals surface area (Å²) in [6.07, 6.45) is -23.7. The molecule has 0 amide bonds. The number of hydrogen-bond acceptors (Lipinski definition) is 4. The number of para-hydroxylation sites is 2. The maximum Gasteiger partial charge on any atom is 0.573 e. The van der Waals surface area contributed by atoms with Gasteiger partial charge in [-0.15, -0.1) is 13.2 Å². The molecule has 0 radical (unpaired) electrons. The standard InChI is InChI=1S/C27H20F12N2O2/c28-24(29,30)17-9-16(10-18(11-17)25(31,32)33)22-13-40(12-15-4-3-5-19(8-15)43-27(37,38)39)20-6-1-2-7-21(20)41(22)14-23(42)26(34,35)36/h1-11,22-23,42H,12-14H2/t22?,23-/m1/s1. The molecule has 0 bridgehead atoms. The molecule has 3 aromatic carbocycles. The van der Waals surface area contributed by atoms with E-state index in [-0.39, 0.29) is 29.5 Å². The lowest BCUT2D eigenvalue weighted by Crippen LogP contribution is -2.49. The number of hydrogen-bond donors (Lipinski definition) is 1. The first-order valence-corrected chi connectivity index (χ1v) is 12.2. The van der Waals surface area contributed by atoms with Crippen LogP contribution < -0.4 is 14.5 Å². The van der Waals surface area contributed by atoms with Gasteiger partial charge in [-0.3, -0.25) is 0 Å². The lowest BCUT2D eigenvalue weighted by molar-refractivity contribution is -0.274. The van der Waals surface area contributed by atoms with Gasteiger partial charge in [0.25, 0.3) is 0 Å². The molecule has 0 spiro atoms. The Labute approximate surface area is 235 Å². The SMILES string of the molecule is O[C@H](CN1c2ccccc2N(Cc2cccc(OC(F)(F)F)c2)CC1c1cc(C(F)(F)F)cc(C(F)(F)F)c1)C(F)(F)F. The summed E-state index contributed by atoms with van der Waals surface area (Å²) in [6.45, 7) is -2.01. The van der Waals surface area contributed by atoms with Crippen molar-refractivity contribution in [3.8, 4) is 5.75 Å². The van der Waals surface area contributed by atoms with Gasteiger partial charge in [0.1, 0.15) is 5.75 Å². The molecule has 0 aliphatic carbocycles. The Morgan fingerprint density at radius 1 is 0.744 bits per heavy atom. The van der Waals surface area contributed by atoms with E-state index in [1.165, 1.54) is 41.3 Å². The number of anilines is 2. The van der Waals surface area contributed by atoms with Crippen LogP contribution >= 0.6 is 0 Å². The van der Waals surface area contributed by atoms with Crippen LogP contribution in [0.5, 0.6) is 5.75 Å². The molecule has 1 aliphatic heterocycles. The van der Waals surface area contributed by atoms with Crippen molar-refractivity contribution in [3.63, 3.8) is 0 Å². The Balaban J connectivity index is 1.85. The average molecular weight is 632 g/mol. The molecule has 16 heteroatoms. The summed E-state index contributed by atoms with van der Waals surface area (Å²) >= 11 is 0. The second kappa shape index (κ2) is 11.4. The number of benzene rings is 3. The van der Waals surface area contributed by atoms with Crippen molar-refractivity contribution < 1.29 is 62.5 Å². The summed E-state index contributed by atoms with van der Waals surface area (Å²) in [6, 6.07) is 9.14. The highest BCUT2D eigenvalue weighted by atomic mass is 19.4. The molecule has 4 nitrogen and oxygen atoms in total. The van der Waals surface area contributed by atoms with Gasteiger partial charge in [-0.1, -0.05) is 24.3 Å². The largest absolute Gasteiger partial charge is 0.573 e. The van der Waals surface area contributed by atoms with Crippen molar-refractivity contribution in [1.82, 2.24) is 0 Å². The summed E-state index contributed by atoms with van der Waals surface area (Å²) in [7, 11) is 0. The summed E-state index contributed by atoms with van der Waals surface area (Å²) in [4.78, 5) is 2.25. The molecule has 4 rings (SSSR count). The first kappa shape index (κ1) is 32.1. The number of nitrogens with zero attached hydrogens (tertiary/aromatic N) is 2. The van der Waals surface area contributed by atoms with Crippen LogP contribution in [0.1, 0.15) is 28.3 Å². The second-order valence-electron chi connectivity index (χ2n) is 9.63. The molecule has 0 aromatic heterocycles. The maximum atomic E-state index is 13.7. The first-order valence-electron chi connectivity index (χ1n) is 12.2. The van der Waals surface area contributed by atoms with E-state index in [0.29, 0.717) is 12.1 Å². The molecule has 0 saturated heterocycles. The van der Waals surface area contributed by atoms with E-state index < -0.39 is 72.6 Å². The second-order valence-corrected chi connectivity index (χ2v) is 9.63. The topological polar surface area (TPSA) is 35.9 Å². The minimum atomic E-state index is -5.25. The Hall–Kier alpha value is -3.82. The van der Waals surface area contributed by atoms with Crippen molar-refractivity contribution in [2.24, 2.45) is 0 Å². The van der Waals surface area contributed by atoms with Crippen LogP contribution in [0.4, 0.5) is 64.1 Å². The van der Waals surface area contributed by atoms with Crippen LogP contribution in [0.2, 0.25) is 0 Å². The van der Waals surface area contributed by atoms with E-state index in [9.17, 15) is 57.8 Å². The monoisotopic (exact) mass is 632 g/mol. The van der Waals surface area contributed by atoms with Crippen molar-refractivity contribution in [2.75, 3.05) is 22.9 Å². The Morgan fingerprint density at radius 3 is 1.86 bits per heavy atom. The zero-order valence-corrected chi connectivity index (χ0v) is 21.4. The van der Waals surface area contributed by atoms with E-state index in [2.05, 4.69) is 4.74 Å². The van der Waals surface area contributed by atoms with Crippen molar-refractivity contribution in [1.29, 1.82) is 0 Å². The van der Waals surface area contributed by atoms with E-state index in [1.807, 2.05) is 0 Å². The van der Waals surface area contributed by atoms with Gasteiger partial charge in [0.15, 0.2) is 6.10 Å². The summed E-state index contributed by atoms with van der Waals surface area (Å²) in [5.74, 6) is -0.602. The highest BCUT2D eigenvalue weighted by molar-refractivity contribution is 5.75. The Bertz CT molecular complexity index is 1400. The van der Waals surface area contributed by atoms with Gasteiger partial charge in [-0.05, 0) is 53.6 Å². The molecule has 1 unspecified atom stereocenters. The van der Waals surface area contributed by atoms with Crippen LogP contribution in [-0.2, 0) is 18.9 Å². The molecule has 1 heterocycles. The van der Waals surface area contributed by atoms with Gasteiger partial charge < -0.3 is 19.6 Å². The lowest BCUT2D eigenvalue weighted by Gasteiger charge is -2.46. The van der Waals surface area contributed by atoms with E-state index in [4.69, 9.17) is 0 Å². The maximum absolute atomic E-state index is 13.7. The van der Waals surface area contributed by atoms with Gasteiger partial charge in [0, 0.05) is 13.1 Å². The van der Waals surface area contributed by atoms with E-state index >= 15 is 0 Å². The van der Waals surface area contributed by atoms with Crippen molar-refractivity contribution in [3.05, 3.63) is 89.0 Å². The number of aliphatic hydroxyl groups is 1. The van der Waals surface area contributed by atoms with Crippen LogP contribution in [0.15, 0.2) is 66.7 Å². The van der Waals surface area contributed by atoms with Gasteiger partial charge in [0.05, 0.1) is 35.1 Å². The average Bonchev–Trinajstić information content (AvgIpc) is 2.87. The number of ether oxygens (including phenoxy) is 1. The zero-order valence-electron chi connectivity index (χ0n) is 21.4. The van der Waals surface area contributed by atoms with Gasteiger partial charge in [-0.2, -0.15) is 39.5 Å². The van der Waals surface area contributed by atoms with Gasteiger partial charge >= 0.3 is 24.9 Å². The first-order chi connectivity index (χ1) is 19.7. The number of rotatable bonds is 6. The summed E-state index contributed by atoms with van der Waals surface area (Å²) < 4.78 is 164. The van der Waals surface area contributed by atoms with Crippen LogP contribution in [0.25, 0.3) is 0 Å². The normalized spacial score (nSPS) is 17.1. The lowest BCUT2D eigenvalue weighted by atomic mass is 9.94. The molecule has 3 aromatic rings. The fourth-order valence-electron chi connectivity index (χ4n) is 4.73. The predicted octanol–water partition coefficient (Wildman–Crippen LogP) is 8.11. The third kappa shape index (κ3) is 7.77. The molecule has 0 saturated carbocycles. The summed E-state index contributed by atoms with van der Waals surface area (Å²) in [5.41, 5.74) is -3.77. The molecule has 234 valence electrons. The quantitative estimate of drug-likeness (QED) is 0.279. The fourth-order valence-corrected chi connectivity index (χ4v) is 4.73. The summed E-state index contributed by atoms with van der Waals surface area (Å²) in [5, 5.41) is 9.87. The molecule has 0 fully saturated rings. The van der Waals surface area contributed by atoms with Crippen molar-refractivity contribution in [2.45, 2.75) is 43.6 Å². The van der Waals surface area contributed by atoms with Crippen LogP contribution in [-0.4, -0.2) is 36.8 Å². The number of aliphatic hydroxyl groups excluding tert-OH is 1. The highest BCUT2D eigenvalue weighted by Gasteiger charge is 2.44. The smallest absolute Gasteiger partial charge is 0.406 e. The van der Waals surface area contributed by atoms with Gasteiger partial charge in [-0.25, -0.2) is 0 Å².